The van der Waals surface area contributed by atoms with E-state index in [4.69, 9.17) is 15.4 Å². The topological polar surface area (TPSA) is 148 Å². The molecule has 0 aliphatic carbocycles. The molecule has 2 aromatic rings. The smallest absolute Gasteiger partial charge is 0.304 e. The lowest BCUT2D eigenvalue weighted by Crippen LogP contribution is -2.26. The van der Waals surface area contributed by atoms with Crippen LogP contribution < -0.4 is 10.5 Å². The molecular weight excluding hydrogens is 324 g/mol. The molecule has 0 bridgehead atoms. The van der Waals surface area contributed by atoms with Gasteiger partial charge in [-0.2, -0.15) is 4.98 Å². The highest BCUT2D eigenvalue weighted by Gasteiger charge is 2.16. The van der Waals surface area contributed by atoms with Gasteiger partial charge in [-0.3, -0.25) is 4.79 Å². The standard InChI is InChI=1S/C13H16N4O5S/c14-6-4-11-16-13(17-22-11)9-2-1-3-10(8-9)23(20,21)15-7-5-12(18)19/h1-3,8,15H,4-7,14H2,(H,18,19). The summed E-state index contributed by atoms with van der Waals surface area (Å²) in [6, 6.07) is 5.97. The number of sulfonamides is 1. The lowest BCUT2D eigenvalue weighted by Gasteiger charge is -2.06. The molecule has 124 valence electrons. The van der Waals surface area contributed by atoms with Crippen molar-refractivity contribution in [2.24, 2.45) is 5.73 Å². The summed E-state index contributed by atoms with van der Waals surface area (Å²) in [6.07, 6.45) is 0.133. The van der Waals surface area contributed by atoms with E-state index in [9.17, 15) is 13.2 Å². The number of hydrogen-bond donors (Lipinski definition) is 3. The van der Waals surface area contributed by atoms with Crippen LogP contribution in [0.5, 0.6) is 0 Å². The van der Waals surface area contributed by atoms with Gasteiger partial charge in [-0.05, 0) is 12.1 Å². The molecule has 0 amide bonds. The van der Waals surface area contributed by atoms with Crippen molar-refractivity contribution in [2.45, 2.75) is 17.7 Å². The maximum absolute atomic E-state index is 12.1. The summed E-state index contributed by atoms with van der Waals surface area (Å²) in [6.45, 7) is 0.175. The summed E-state index contributed by atoms with van der Waals surface area (Å²) in [5.41, 5.74) is 5.87. The predicted molar refractivity (Wildman–Crippen MR) is 79.9 cm³/mol. The zero-order valence-electron chi connectivity index (χ0n) is 12.1. The lowest BCUT2D eigenvalue weighted by molar-refractivity contribution is -0.136. The zero-order chi connectivity index (χ0) is 16.9. The Morgan fingerprint density at radius 3 is 2.87 bits per heavy atom. The largest absolute Gasteiger partial charge is 0.481 e. The lowest BCUT2D eigenvalue weighted by atomic mass is 10.2. The van der Waals surface area contributed by atoms with Crippen molar-refractivity contribution in [1.82, 2.24) is 14.9 Å². The number of rotatable bonds is 8. The van der Waals surface area contributed by atoms with Crippen molar-refractivity contribution < 1.29 is 22.8 Å². The van der Waals surface area contributed by atoms with Crippen molar-refractivity contribution in [2.75, 3.05) is 13.1 Å². The van der Waals surface area contributed by atoms with E-state index in [0.29, 0.717) is 24.4 Å². The van der Waals surface area contributed by atoms with E-state index >= 15 is 0 Å². The second-order valence-electron chi connectivity index (χ2n) is 4.62. The second kappa shape index (κ2) is 7.31. The van der Waals surface area contributed by atoms with Gasteiger partial charge in [-0.15, -0.1) is 0 Å². The molecule has 0 atom stereocenters. The van der Waals surface area contributed by atoms with E-state index in [1.54, 1.807) is 12.1 Å². The molecule has 9 nitrogen and oxygen atoms in total. The van der Waals surface area contributed by atoms with Gasteiger partial charge in [-0.25, -0.2) is 13.1 Å². The van der Waals surface area contributed by atoms with E-state index in [1.807, 2.05) is 0 Å². The average Bonchev–Trinajstić information content (AvgIpc) is 2.96. The summed E-state index contributed by atoms with van der Waals surface area (Å²) in [4.78, 5) is 14.6. The molecule has 0 saturated heterocycles. The minimum Gasteiger partial charge on any atom is -0.481 e. The molecule has 23 heavy (non-hydrogen) atoms. The number of nitrogens with two attached hydrogens (primary N) is 1. The average molecular weight is 340 g/mol. The van der Waals surface area contributed by atoms with Gasteiger partial charge >= 0.3 is 5.97 Å². The molecule has 0 fully saturated rings. The van der Waals surface area contributed by atoms with Gasteiger partial charge in [0.25, 0.3) is 0 Å². The summed E-state index contributed by atoms with van der Waals surface area (Å²) in [7, 11) is -3.81. The van der Waals surface area contributed by atoms with E-state index in [0.717, 1.165) is 0 Å². The first-order valence-electron chi connectivity index (χ1n) is 6.77. The predicted octanol–water partition coefficient (Wildman–Crippen LogP) is -0.00920. The Morgan fingerprint density at radius 2 is 2.17 bits per heavy atom. The third kappa shape index (κ3) is 4.58. The van der Waals surface area contributed by atoms with Crippen LogP contribution >= 0.6 is 0 Å². The fourth-order valence-electron chi connectivity index (χ4n) is 1.78. The number of nitrogens with zero attached hydrogens (tertiary/aromatic N) is 2. The first-order chi connectivity index (χ1) is 10.9. The number of aliphatic carboxylic acids is 1. The minimum atomic E-state index is -3.81. The molecule has 0 spiro atoms. The van der Waals surface area contributed by atoms with Gasteiger partial charge in [-0.1, -0.05) is 17.3 Å². The normalized spacial score (nSPS) is 11.5. The van der Waals surface area contributed by atoms with E-state index in [-0.39, 0.29) is 23.7 Å². The Labute approximate surface area is 132 Å². The summed E-state index contributed by atoms with van der Waals surface area (Å²) >= 11 is 0. The molecule has 0 saturated carbocycles. The summed E-state index contributed by atoms with van der Waals surface area (Å²) < 4.78 is 31.5. The van der Waals surface area contributed by atoms with Crippen LogP contribution in [-0.2, 0) is 21.2 Å². The van der Waals surface area contributed by atoms with E-state index in [2.05, 4.69) is 14.9 Å². The maximum Gasteiger partial charge on any atom is 0.304 e. The highest BCUT2D eigenvalue weighted by molar-refractivity contribution is 7.89. The minimum absolute atomic E-state index is 0.00874. The number of hydrogen-bond acceptors (Lipinski definition) is 7. The molecular formula is C13H16N4O5S. The van der Waals surface area contributed by atoms with Crippen molar-refractivity contribution in [1.29, 1.82) is 0 Å². The van der Waals surface area contributed by atoms with Gasteiger partial charge < -0.3 is 15.4 Å². The fourth-order valence-corrected chi connectivity index (χ4v) is 2.85. The van der Waals surface area contributed by atoms with Crippen LogP contribution in [0.1, 0.15) is 12.3 Å². The first kappa shape index (κ1) is 17.1. The molecule has 1 aromatic heterocycles. The number of carboxylic acid groups (broad SMARTS) is 1. The van der Waals surface area contributed by atoms with Crippen LogP contribution in [0.4, 0.5) is 0 Å². The highest BCUT2D eigenvalue weighted by Crippen LogP contribution is 2.20. The third-order valence-electron chi connectivity index (χ3n) is 2.86. The second-order valence-corrected chi connectivity index (χ2v) is 6.39. The molecule has 0 unspecified atom stereocenters. The third-order valence-corrected chi connectivity index (χ3v) is 4.32. The Balaban J connectivity index is 2.19. The van der Waals surface area contributed by atoms with E-state index < -0.39 is 16.0 Å². The molecule has 0 aliphatic heterocycles. The van der Waals surface area contributed by atoms with Crippen LogP contribution in [-0.4, -0.2) is 42.7 Å². The molecule has 10 heteroatoms. The quantitative estimate of drug-likeness (QED) is 0.607. The monoisotopic (exact) mass is 340 g/mol. The van der Waals surface area contributed by atoms with Crippen molar-refractivity contribution in [3.05, 3.63) is 30.2 Å². The van der Waals surface area contributed by atoms with Gasteiger partial charge in [0.2, 0.25) is 21.7 Å². The molecule has 0 radical (unpaired) electrons. The van der Waals surface area contributed by atoms with Crippen molar-refractivity contribution >= 4 is 16.0 Å². The number of aromatic nitrogens is 2. The van der Waals surface area contributed by atoms with Crippen LogP contribution in [0.3, 0.4) is 0 Å². The molecule has 0 aliphatic rings. The Bertz CT molecular complexity index is 787. The highest BCUT2D eigenvalue weighted by atomic mass is 32.2. The van der Waals surface area contributed by atoms with Crippen LogP contribution in [0, 0.1) is 0 Å². The molecule has 4 N–H and O–H groups in total. The number of benzene rings is 1. The maximum atomic E-state index is 12.1. The van der Waals surface area contributed by atoms with E-state index in [1.165, 1.54) is 12.1 Å². The summed E-state index contributed by atoms with van der Waals surface area (Å²) in [5, 5.41) is 12.3. The van der Waals surface area contributed by atoms with Crippen molar-refractivity contribution in [3.8, 4) is 11.4 Å². The Morgan fingerprint density at radius 1 is 1.39 bits per heavy atom. The van der Waals surface area contributed by atoms with Gasteiger partial charge in [0.1, 0.15) is 0 Å². The van der Waals surface area contributed by atoms with Crippen LogP contribution in [0.15, 0.2) is 33.7 Å². The molecule has 1 heterocycles. The Hall–Kier alpha value is -2.30. The van der Waals surface area contributed by atoms with Crippen molar-refractivity contribution in [3.63, 3.8) is 0 Å². The number of nitrogens with one attached hydrogen (secondary N) is 1. The molecule has 1 aromatic carbocycles. The van der Waals surface area contributed by atoms with Crippen LogP contribution in [0.25, 0.3) is 11.4 Å². The zero-order valence-corrected chi connectivity index (χ0v) is 12.9. The van der Waals surface area contributed by atoms with Gasteiger partial charge in [0.15, 0.2) is 0 Å². The fraction of sp³-hybridized carbons (Fsp3) is 0.308. The van der Waals surface area contributed by atoms with Gasteiger partial charge in [0.05, 0.1) is 11.3 Å². The Kier molecular flexibility index (Phi) is 5.42. The number of carbonyl (C=O) groups is 1. The summed E-state index contributed by atoms with van der Waals surface area (Å²) in [5.74, 6) is -0.452. The number of carboxylic acids is 1. The van der Waals surface area contributed by atoms with Gasteiger partial charge in [0, 0.05) is 25.1 Å². The molecule has 2 rings (SSSR count). The first-order valence-corrected chi connectivity index (χ1v) is 8.25. The SMILES string of the molecule is NCCc1nc(-c2cccc(S(=O)(=O)NCCC(=O)O)c2)no1. The van der Waals surface area contributed by atoms with Crippen LogP contribution in [0.2, 0.25) is 0 Å².